The fourth-order valence-corrected chi connectivity index (χ4v) is 0.862. The number of amides is 1. The first-order valence-electron chi connectivity index (χ1n) is 2.76. The molecule has 1 rings (SSSR count). The van der Waals surface area contributed by atoms with E-state index in [-0.39, 0.29) is 53.9 Å². The highest BCUT2D eigenvalue weighted by Crippen LogP contribution is 2.08. The van der Waals surface area contributed by atoms with Gasteiger partial charge in [-0.05, 0) is 12.6 Å². The molecule has 1 saturated heterocycles. The van der Waals surface area contributed by atoms with Gasteiger partial charge in [0.05, 0.1) is 0 Å². The van der Waals surface area contributed by atoms with Crippen LogP contribution in [0.1, 0.15) is 12.8 Å². The molecule has 0 bridgehead atoms. The maximum Gasteiger partial charge on any atom is 0.235 e. The van der Waals surface area contributed by atoms with E-state index in [1.807, 2.05) is 0 Å². The number of nitrogens with zero attached hydrogens (tertiary/aromatic N) is 1. The van der Waals surface area contributed by atoms with Gasteiger partial charge in [0, 0.05) is 13.0 Å². The predicted octanol–water partition coefficient (Wildman–Crippen LogP) is -5.78. The first kappa shape index (κ1) is 13.3. The van der Waals surface area contributed by atoms with E-state index in [1.165, 1.54) is 0 Å². The summed E-state index contributed by atoms with van der Waals surface area (Å²) in [7, 11) is 0. The number of likely N-dealkylation sites (tertiary alicyclic amines) is 1. The van der Waals surface area contributed by atoms with E-state index >= 15 is 0 Å². The van der Waals surface area contributed by atoms with Crippen LogP contribution in [0, 0.1) is 0 Å². The molecule has 0 atom stereocenters. The van der Waals surface area contributed by atoms with Crippen molar-refractivity contribution in [2.24, 2.45) is 0 Å². The van der Waals surface area contributed by atoms with Crippen LogP contribution in [0.3, 0.4) is 0 Å². The minimum atomic E-state index is 0. The average molecular weight is 367 g/mol. The second-order valence-electron chi connectivity index (χ2n) is 1.87. The zero-order valence-corrected chi connectivity index (χ0v) is 10.3. The summed E-state index contributed by atoms with van der Waals surface area (Å²) in [5, 5.41) is 0. The molecule has 1 aliphatic heterocycles. The van der Waals surface area contributed by atoms with Gasteiger partial charge in [0.15, 0.2) is 0 Å². The lowest BCUT2D eigenvalue weighted by Gasteiger charge is -2.05. The van der Waals surface area contributed by atoms with Crippen molar-refractivity contribution in [3.63, 3.8) is 0 Å². The lowest BCUT2D eigenvalue weighted by molar-refractivity contribution is -0.125. The highest BCUT2D eigenvalue weighted by atomic mass is 127. The molecule has 0 N–H and O–H groups in total. The third kappa shape index (κ3) is 3.18. The average Bonchev–Trinajstić information content (AvgIpc) is 2.14. The molecule has 0 aromatic carbocycles. The van der Waals surface area contributed by atoms with E-state index in [2.05, 4.69) is 6.58 Å². The molecule has 1 heterocycles. The zero-order chi connectivity index (χ0) is 5.98. The van der Waals surface area contributed by atoms with E-state index in [4.69, 9.17) is 0 Å². The molecule has 0 spiro atoms. The van der Waals surface area contributed by atoms with Gasteiger partial charge in [-0.15, -0.1) is 0 Å². The maximum absolute atomic E-state index is 10.7. The van der Waals surface area contributed by atoms with Gasteiger partial charge in [-0.2, -0.15) is 0 Å². The molecule has 1 fully saturated rings. The smallest absolute Gasteiger partial charge is 0.235 e. The first-order valence-corrected chi connectivity index (χ1v) is 2.76. The van der Waals surface area contributed by atoms with E-state index in [1.54, 1.807) is 11.1 Å². The molecule has 0 aromatic heterocycles. The summed E-state index contributed by atoms with van der Waals surface area (Å²) in [6, 6.07) is 0. The lowest BCUT2D eigenvalue weighted by Crippen LogP contribution is -3.00. The Morgan fingerprint density at radius 2 is 2.20 bits per heavy atom. The molecular weight excluding hydrogens is 356 g/mol. The van der Waals surface area contributed by atoms with Crippen LogP contribution in [-0.4, -0.2) is 17.4 Å². The molecule has 0 aliphatic carbocycles. The monoisotopic (exact) mass is 367 g/mol. The Bertz CT molecular complexity index is 127. The van der Waals surface area contributed by atoms with Gasteiger partial charge in [-0.1, -0.05) is 6.58 Å². The van der Waals surface area contributed by atoms with Gasteiger partial charge in [-0.25, -0.2) is 0 Å². The van der Waals surface area contributed by atoms with Gasteiger partial charge in [0.25, 0.3) is 0 Å². The SMILES string of the molecule is C=CN1CCCC1=O.[I-].[IH2+]. The van der Waals surface area contributed by atoms with Crippen molar-refractivity contribution < 1.29 is 52.7 Å². The summed E-state index contributed by atoms with van der Waals surface area (Å²) in [6.45, 7) is 4.36. The Hall–Kier alpha value is 0.670. The molecule has 0 radical (unpaired) electrons. The molecule has 10 heavy (non-hydrogen) atoms. The van der Waals surface area contributed by atoms with E-state index < -0.39 is 0 Å². The van der Waals surface area contributed by atoms with Crippen LogP contribution in [0.15, 0.2) is 12.8 Å². The molecule has 1 amide bonds. The van der Waals surface area contributed by atoms with E-state index in [0.29, 0.717) is 6.42 Å². The summed E-state index contributed by atoms with van der Waals surface area (Å²) < 4.78 is 0. The van der Waals surface area contributed by atoms with Crippen molar-refractivity contribution >= 4 is 5.91 Å². The highest BCUT2D eigenvalue weighted by molar-refractivity contribution is 5.78. The van der Waals surface area contributed by atoms with E-state index in [0.717, 1.165) is 13.0 Å². The summed E-state index contributed by atoms with van der Waals surface area (Å²) in [5.74, 6) is 0.208. The third-order valence-electron chi connectivity index (χ3n) is 1.33. The summed E-state index contributed by atoms with van der Waals surface area (Å²) in [6.07, 6.45) is 3.28. The van der Waals surface area contributed by atoms with Gasteiger partial charge >= 0.3 is 0 Å². The van der Waals surface area contributed by atoms with Crippen molar-refractivity contribution in [2.45, 2.75) is 12.8 Å². The number of hydrogen-bond donors (Lipinski definition) is 0. The van der Waals surface area contributed by atoms with Gasteiger partial charge in [0.2, 0.25) is 29.9 Å². The van der Waals surface area contributed by atoms with Crippen LogP contribution >= 0.6 is 0 Å². The predicted molar refractivity (Wildman–Crippen MR) is 33.9 cm³/mol. The zero-order valence-electron chi connectivity index (χ0n) is 5.59. The standard InChI is InChI=1S/C6H9NO.H2I.HI/c1-2-7-5-3-4-6(7)8;;/h2H,1,3-5H2;1H2;1H/q;+1;/p-1. The highest BCUT2D eigenvalue weighted by Gasteiger charge is 2.15. The van der Waals surface area contributed by atoms with Gasteiger partial charge in [-0.3, -0.25) is 4.79 Å². The largest absolute Gasteiger partial charge is 1.00 e. The molecule has 0 unspecified atom stereocenters. The Balaban J connectivity index is 0. The normalized spacial score (nSPS) is 15.6. The number of rotatable bonds is 1. The summed E-state index contributed by atoms with van der Waals surface area (Å²) >= 11 is 0. The third-order valence-corrected chi connectivity index (χ3v) is 1.33. The second-order valence-corrected chi connectivity index (χ2v) is 1.87. The van der Waals surface area contributed by atoms with Crippen LogP contribution in [0.4, 0.5) is 0 Å². The summed E-state index contributed by atoms with van der Waals surface area (Å²) in [4.78, 5) is 12.3. The van der Waals surface area contributed by atoms with Crippen LogP contribution in [-0.2, 0) is 4.79 Å². The minimum Gasteiger partial charge on any atom is -1.00 e. The molecule has 4 heteroatoms. The van der Waals surface area contributed by atoms with Crippen molar-refractivity contribution in [2.75, 3.05) is 6.54 Å². The summed E-state index contributed by atoms with van der Waals surface area (Å²) in [5.41, 5.74) is 0. The Morgan fingerprint density at radius 1 is 1.60 bits per heavy atom. The van der Waals surface area contributed by atoms with Gasteiger partial charge < -0.3 is 28.9 Å². The minimum absolute atomic E-state index is 0. The first-order chi connectivity index (χ1) is 3.84. The van der Waals surface area contributed by atoms with Crippen molar-refractivity contribution in [3.05, 3.63) is 12.8 Å². The maximum atomic E-state index is 10.7. The molecule has 2 nitrogen and oxygen atoms in total. The number of hydrogen-bond acceptors (Lipinski definition) is 1. The van der Waals surface area contributed by atoms with Crippen LogP contribution in [0.5, 0.6) is 0 Å². The Labute approximate surface area is 95.1 Å². The molecule has 1 aliphatic rings. The topological polar surface area (TPSA) is 20.3 Å². The Morgan fingerprint density at radius 3 is 2.40 bits per heavy atom. The van der Waals surface area contributed by atoms with Crippen LogP contribution in [0.2, 0.25) is 0 Å². The lowest BCUT2D eigenvalue weighted by atomic mass is 10.4. The fraction of sp³-hybridized carbons (Fsp3) is 0.500. The number of halogens is 2. The quantitative estimate of drug-likeness (QED) is 0.423. The number of carbonyl (C=O) groups is 1. The molecule has 0 saturated carbocycles. The molecular formula is C6H11I2NO. The Kier molecular flexibility index (Phi) is 8.47. The fourth-order valence-electron chi connectivity index (χ4n) is 0.862. The van der Waals surface area contributed by atoms with Crippen molar-refractivity contribution in [3.8, 4) is 0 Å². The van der Waals surface area contributed by atoms with Gasteiger partial charge in [0.1, 0.15) is 0 Å². The van der Waals surface area contributed by atoms with Crippen molar-refractivity contribution in [1.82, 2.24) is 4.90 Å². The molecule has 0 aromatic rings. The van der Waals surface area contributed by atoms with Crippen LogP contribution < -0.4 is 48.0 Å². The van der Waals surface area contributed by atoms with Crippen molar-refractivity contribution in [1.29, 1.82) is 0 Å². The molecule has 60 valence electrons. The number of carbonyl (C=O) groups excluding carboxylic acids is 1. The second kappa shape index (κ2) is 6.38. The van der Waals surface area contributed by atoms with Crippen LogP contribution in [0.25, 0.3) is 0 Å². The van der Waals surface area contributed by atoms with E-state index in [9.17, 15) is 4.79 Å².